The molecule has 12 rings (SSSR count). The van der Waals surface area contributed by atoms with Gasteiger partial charge in [0.1, 0.15) is 47.5 Å². The van der Waals surface area contributed by atoms with Gasteiger partial charge in [-0.1, -0.05) is 69.4 Å². The zero-order valence-electron chi connectivity index (χ0n) is 39.1. The van der Waals surface area contributed by atoms with Crippen LogP contribution in [-0.4, -0.2) is 163 Å². The molecule has 0 fully saturated rings. The Kier molecular flexibility index (Phi) is 16.6. The molecule has 16 bridgehead atoms. The van der Waals surface area contributed by atoms with Gasteiger partial charge in [0.05, 0.1) is 140 Å². The van der Waals surface area contributed by atoms with E-state index in [1.807, 2.05) is 49.1 Å². The maximum absolute atomic E-state index is 6.18. The van der Waals surface area contributed by atoms with Gasteiger partial charge in [-0.3, -0.25) is 0 Å². The Morgan fingerprint density at radius 2 is 0.600 bits per heavy atom. The summed E-state index contributed by atoms with van der Waals surface area (Å²) < 4.78 is 51.9. The van der Waals surface area contributed by atoms with Crippen LogP contribution < -0.4 is 9.47 Å². The molecule has 6 aromatic heterocycles. The van der Waals surface area contributed by atoms with Gasteiger partial charge in [0.15, 0.2) is 0 Å². The molecule has 0 spiro atoms. The molecule has 0 N–H and O–H groups in total. The molecule has 8 aromatic rings. The Labute approximate surface area is 403 Å². The lowest BCUT2D eigenvalue weighted by Crippen LogP contribution is -2.12. The predicted octanol–water partition coefficient (Wildman–Crippen LogP) is 4.13. The molecule has 364 valence electrons. The monoisotopic (exact) mass is 954 g/mol. The molecule has 0 atom stereocenters. The average molecular weight is 955 g/mol. The quantitative estimate of drug-likeness (QED) is 0.0980. The third-order valence-corrected chi connectivity index (χ3v) is 10.8. The summed E-state index contributed by atoms with van der Waals surface area (Å²) in [5.74, 6) is 1.16. The van der Waals surface area contributed by atoms with Gasteiger partial charge in [0.2, 0.25) is 0 Å². The van der Waals surface area contributed by atoms with E-state index in [4.69, 9.17) is 47.9 Å². The Bertz CT molecular complexity index is 2510. The molecular formula is C48H54N14O8. The van der Waals surface area contributed by atoms with E-state index in [1.165, 1.54) is 0 Å². The summed E-state index contributed by atoms with van der Waals surface area (Å²) in [5, 5.41) is 35.8. The maximum atomic E-state index is 6.18. The molecule has 0 saturated heterocycles. The molecule has 2 aromatic carbocycles. The molecule has 4 aliphatic rings. The largest absolute Gasteiger partial charge is 0.491 e. The van der Waals surface area contributed by atoms with Crippen molar-refractivity contribution in [1.29, 1.82) is 0 Å². The van der Waals surface area contributed by atoms with E-state index in [0.717, 1.165) is 22.3 Å². The first-order valence-electron chi connectivity index (χ1n) is 22.9. The second-order valence-corrected chi connectivity index (χ2v) is 16.1. The van der Waals surface area contributed by atoms with Gasteiger partial charge < -0.3 is 37.9 Å². The molecule has 0 unspecified atom stereocenters. The van der Waals surface area contributed by atoms with Gasteiger partial charge in [-0.05, 0) is 22.3 Å². The summed E-state index contributed by atoms with van der Waals surface area (Å²) in [7, 11) is 3.28. The minimum Gasteiger partial charge on any atom is -0.491 e. The van der Waals surface area contributed by atoms with Crippen LogP contribution in [0, 0.1) is 0 Å². The fourth-order valence-electron chi connectivity index (χ4n) is 7.29. The Hall–Kier alpha value is -7.34. The first-order chi connectivity index (χ1) is 34.5. The van der Waals surface area contributed by atoms with Crippen LogP contribution in [0.25, 0.3) is 45.6 Å². The summed E-state index contributed by atoms with van der Waals surface area (Å²) in [6, 6.07) is 23.8. The van der Waals surface area contributed by atoms with Gasteiger partial charge in [0, 0.05) is 38.5 Å². The van der Waals surface area contributed by atoms with Crippen LogP contribution in [0.5, 0.6) is 11.5 Å². The van der Waals surface area contributed by atoms with Crippen molar-refractivity contribution >= 4 is 0 Å². The van der Waals surface area contributed by atoms with Gasteiger partial charge in [-0.25, -0.2) is 28.7 Å². The second kappa shape index (κ2) is 24.3. The first-order valence-corrected chi connectivity index (χ1v) is 22.9. The molecule has 22 nitrogen and oxygen atoms in total. The lowest BCUT2D eigenvalue weighted by molar-refractivity contribution is 0.0180. The molecule has 4 aliphatic heterocycles. The van der Waals surface area contributed by atoms with Crippen LogP contribution in [0.15, 0.2) is 97.6 Å². The molecule has 0 aliphatic carbocycles. The highest BCUT2D eigenvalue weighted by Crippen LogP contribution is 2.29. The number of methoxy groups -OCH3 is 2. The van der Waals surface area contributed by atoms with Crippen molar-refractivity contribution in [3.8, 4) is 57.1 Å². The van der Waals surface area contributed by atoms with Crippen molar-refractivity contribution in [3.05, 3.63) is 120 Å². The van der Waals surface area contributed by atoms with Gasteiger partial charge in [-0.15, -0.1) is 20.4 Å². The zero-order valence-corrected chi connectivity index (χ0v) is 39.1. The zero-order chi connectivity index (χ0) is 47.7. The molecular weight excluding hydrogens is 901 g/mol. The van der Waals surface area contributed by atoms with Crippen molar-refractivity contribution < 1.29 is 37.9 Å². The fourth-order valence-corrected chi connectivity index (χ4v) is 7.29. The van der Waals surface area contributed by atoms with Crippen LogP contribution in [0.4, 0.5) is 0 Å². The van der Waals surface area contributed by atoms with Crippen LogP contribution in [0.2, 0.25) is 0 Å². The number of ether oxygens (including phenoxy) is 8. The molecule has 0 saturated carbocycles. The number of rotatable bonds is 20. The smallest absolute Gasteiger partial charge is 0.131 e. The van der Waals surface area contributed by atoms with Gasteiger partial charge in [0.25, 0.3) is 0 Å². The molecule has 70 heavy (non-hydrogen) atoms. The number of hydrogen-bond acceptors (Lipinski definition) is 18. The van der Waals surface area contributed by atoms with E-state index in [1.54, 1.807) is 32.9 Å². The Balaban J connectivity index is 0.951. The summed E-state index contributed by atoms with van der Waals surface area (Å²) in [4.78, 5) is 9.90. The van der Waals surface area contributed by atoms with E-state index < -0.39 is 0 Å². The highest BCUT2D eigenvalue weighted by molar-refractivity contribution is 5.65. The first kappa shape index (κ1) is 47.7. The van der Waals surface area contributed by atoms with Crippen molar-refractivity contribution in [2.24, 2.45) is 0 Å². The topological polar surface area (TPSA) is 222 Å². The summed E-state index contributed by atoms with van der Waals surface area (Å²) in [6.07, 6.45) is 7.46. The number of nitrogens with zero attached hydrogens (tertiary/aromatic N) is 14. The minimum atomic E-state index is 0.314. The third-order valence-electron chi connectivity index (χ3n) is 10.8. The maximum Gasteiger partial charge on any atom is 0.131 e. The number of pyridine rings is 2. The van der Waals surface area contributed by atoms with Crippen molar-refractivity contribution in [1.82, 2.24) is 69.9 Å². The summed E-state index contributed by atoms with van der Waals surface area (Å²) >= 11 is 0. The molecule has 0 amide bonds. The van der Waals surface area contributed by atoms with E-state index in [2.05, 4.69) is 89.8 Å². The van der Waals surface area contributed by atoms with Crippen LogP contribution >= 0.6 is 0 Å². The van der Waals surface area contributed by atoms with Crippen LogP contribution in [0.1, 0.15) is 22.3 Å². The second-order valence-electron chi connectivity index (χ2n) is 16.1. The van der Waals surface area contributed by atoms with E-state index in [-0.39, 0.29) is 0 Å². The Morgan fingerprint density at radius 1 is 0.343 bits per heavy atom. The highest BCUT2D eigenvalue weighted by atomic mass is 16.6. The molecule has 0 radical (unpaired) electrons. The predicted molar refractivity (Wildman–Crippen MR) is 252 cm³/mol. The van der Waals surface area contributed by atoms with Gasteiger partial charge in [-0.2, -0.15) is 0 Å². The lowest BCUT2D eigenvalue weighted by Gasteiger charge is -2.10. The number of benzene rings is 2. The fraction of sp³-hybridized carbons (Fsp3) is 0.375. The molecule has 10 heterocycles. The highest BCUT2D eigenvalue weighted by Gasteiger charge is 2.17. The normalized spacial score (nSPS) is 12.4. The van der Waals surface area contributed by atoms with Crippen molar-refractivity contribution in [2.45, 2.75) is 26.2 Å². The van der Waals surface area contributed by atoms with Crippen LogP contribution in [0.3, 0.4) is 0 Å². The lowest BCUT2D eigenvalue weighted by atomic mass is 10.1. The van der Waals surface area contributed by atoms with Crippen molar-refractivity contribution in [3.63, 3.8) is 0 Å². The van der Waals surface area contributed by atoms with E-state index in [0.29, 0.717) is 163 Å². The number of aromatic nitrogens is 14. The SMILES string of the molecule is COCCOCCOCCOc1cc2nc(c1)-c1cn(nn1)Cc1ccc(cc1)Cn1cc(nn1)-c1cc(OCCOCCOCCOC)cc(n1)-c1cn(nn1)Cc1ccc(cc1)Cn1cc-2nn1. The minimum absolute atomic E-state index is 0.314. The average Bonchev–Trinajstić information content (AvgIpc) is 4.23. The summed E-state index contributed by atoms with van der Waals surface area (Å²) in [6.45, 7) is 7.27. The van der Waals surface area contributed by atoms with E-state index in [9.17, 15) is 0 Å². The van der Waals surface area contributed by atoms with E-state index >= 15 is 0 Å². The van der Waals surface area contributed by atoms with Crippen LogP contribution in [-0.2, 0) is 54.6 Å². The standard InChI is InChI=1S/C48H54N14O8/c1-63-11-13-65-15-17-67-19-21-69-39-23-41-45-31-59(55-51-45)27-35-3-7-37(8-4-35)29-61-33-47(53-57-61)43-25-40(70-22-20-68-18-16-66-14-12-64-2)26-44(50-43)48-34-62(58-54-48)30-38-9-5-36(6-10-38)28-60-32-46(52-56-60)42(24-39)49-41/h3-10,23-26,31-34H,11-22,27-30H2,1-2H3. The summed E-state index contributed by atoms with van der Waals surface area (Å²) in [5.41, 5.74) is 8.74. The van der Waals surface area contributed by atoms with Gasteiger partial charge >= 0.3 is 0 Å². The Morgan fingerprint density at radius 3 is 0.871 bits per heavy atom. The number of hydrogen-bond donors (Lipinski definition) is 0. The molecule has 22 heteroatoms. The third kappa shape index (κ3) is 13.5. The van der Waals surface area contributed by atoms with Crippen molar-refractivity contribution in [2.75, 3.05) is 93.5 Å².